The maximum atomic E-state index is 2.51. The van der Waals surface area contributed by atoms with Gasteiger partial charge in [-0.2, -0.15) is 0 Å². The fourth-order valence-corrected chi connectivity index (χ4v) is 12.9. The van der Waals surface area contributed by atoms with Gasteiger partial charge in [-0.15, -0.1) is 0 Å². The van der Waals surface area contributed by atoms with E-state index in [9.17, 15) is 0 Å². The van der Waals surface area contributed by atoms with Crippen molar-refractivity contribution in [3.63, 3.8) is 0 Å². The molecule has 2 aliphatic heterocycles. The Morgan fingerprint density at radius 2 is 0.682 bits per heavy atom. The van der Waals surface area contributed by atoms with Crippen LogP contribution in [-0.2, 0) is 0 Å². The molecule has 0 unspecified atom stereocenters. The van der Waals surface area contributed by atoms with Crippen LogP contribution in [0.2, 0.25) is 0 Å². The fourth-order valence-electron chi connectivity index (χ4n) is 10.7. The van der Waals surface area contributed by atoms with Crippen LogP contribution in [0, 0.1) is 13.8 Å². The van der Waals surface area contributed by atoms with Crippen LogP contribution in [0.15, 0.2) is 226 Å². The van der Waals surface area contributed by atoms with Gasteiger partial charge in [-0.1, -0.05) is 121 Å². The average Bonchev–Trinajstić information content (AvgIpc) is 3.85. The minimum atomic E-state index is 1.16. The maximum Gasteiger partial charge on any atom is 0.0623 e. The van der Waals surface area contributed by atoms with Crippen LogP contribution in [0.4, 0.5) is 34.1 Å². The molecule has 10 aromatic carbocycles. The molecule has 0 atom stereocenters. The number of para-hydroxylation sites is 6. The summed E-state index contributed by atoms with van der Waals surface area (Å²) >= 11 is 3.74. The van der Waals surface area contributed by atoms with Gasteiger partial charge in [-0.25, -0.2) is 0 Å². The first-order valence-electron chi connectivity index (χ1n) is 22.5. The van der Waals surface area contributed by atoms with Crippen LogP contribution in [0.1, 0.15) is 11.1 Å². The van der Waals surface area contributed by atoms with E-state index < -0.39 is 0 Å². The largest absolute Gasteiger partial charge is 0.309 e. The van der Waals surface area contributed by atoms with Crippen molar-refractivity contribution >= 4 is 112 Å². The van der Waals surface area contributed by atoms with Gasteiger partial charge in [0.1, 0.15) is 0 Å². The molecule has 4 nitrogen and oxygen atoms in total. The molecule has 2 aliphatic rings. The molecule has 0 aliphatic carbocycles. The lowest BCUT2D eigenvalue weighted by molar-refractivity contribution is 1.14. The van der Waals surface area contributed by atoms with Crippen molar-refractivity contribution in [2.45, 2.75) is 33.4 Å². The SMILES string of the molecule is Cc1cc2cc(N3c4ccccc4Sc4cc5c6ccccc6n(-c6ccccc6)c5cc43)c(C)cc2cc1N1c2ccccc2Sc2cc3c4ccccc4n(-c4ccccc4)c3cc21. The van der Waals surface area contributed by atoms with Crippen molar-refractivity contribution in [2.24, 2.45) is 0 Å². The number of hydrogen-bond acceptors (Lipinski definition) is 4. The van der Waals surface area contributed by atoms with Gasteiger partial charge >= 0.3 is 0 Å². The van der Waals surface area contributed by atoms with Gasteiger partial charge < -0.3 is 18.9 Å². The highest BCUT2D eigenvalue weighted by Crippen LogP contribution is 2.56. The summed E-state index contributed by atoms with van der Waals surface area (Å²) in [6, 6.07) is 76.3. The highest BCUT2D eigenvalue weighted by molar-refractivity contribution is 8.00. The third kappa shape index (κ3) is 5.55. The molecule has 6 heteroatoms. The quantitative estimate of drug-likeness (QED) is 0.175. The van der Waals surface area contributed by atoms with Crippen molar-refractivity contribution < 1.29 is 0 Å². The molecule has 0 amide bonds. The predicted octanol–water partition coefficient (Wildman–Crippen LogP) is 17.5. The number of aromatic nitrogens is 2. The number of aryl methyl sites for hydroxylation is 2. The molecule has 0 N–H and O–H groups in total. The first kappa shape index (κ1) is 37.7. The van der Waals surface area contributed by atoms with E-state index in [2.05, 4.69) is 239 Å². The Balaban J connectivity index is 0.957. The van der Waals surface area contributed by atoms with Crippen molar-refractivity contribution in [3.05, 3.63) is 217 Å². The van der Waals surface area contributed by atoms with E-state index in [0.29, 0.717) is 0 Å². The lowest BCUT2D eigenvalue weighted by atomic mass is 9.99. The minimum absolute atomic E-state index is 1.16. The van der Waals surface area contributed by atoms with Gasteiger partial charge in [-0.3, -0.25) is 0 Å². The summed E-state index contributed by atoms with van der Waals surface area (Å²) in [7, 11) is 0. The Hall–Kier alpha value is -7.64. The van der Waals surface area contributed by atoms with E-state index in [4.69, 9.17) is 0 Å². The predicted molar refractivity (Wildman–Crippen MR) is 280 cm³/mol. The molecule has 12 aromatic rings. The molecule has 0 saturated heterocycles. The number of anilines is 6. The molecule has 2 aromatic heterocycles. The maximum absolute atomic E-state index is 2.51. The average molecular weight is 881 g/mol. The van der Waals surface area contributed by atoms with Crippen LogP contribution in [-0.4, -0.2) is 9.13 Å². The van der Waals surface area contributed by atoms with E-state index in [-0.39, 0.29) is 0 Å². The van der Waals surface area contributed by atoms with Gasteiger partial charge in [0.2, 0.25) is 0 Å². The molecule has 66 heavy (non-hydrogen) atoms. The van der Waals surface area contributed by atoms with E-state index in [1.54, 1.807) is 0 Å². The normalized spacial score (nSPS) is 13.1. The summed E-state index contributed by atoms with van der Waals surface area (Å²) in [5.41, 5.74) is 16.7. The fraction of sp³-hybridized carbons (Fsp3) is 0.0333. The Morgan fingerprint density at radius 1 is 0.288 bits per heavy atom. The van der Waals surface area contributed by atoms with Crippen LogP contribution < -0.4 is 9.80 Å². The number of rotatable bonds is 4. The number of hydrogen-bond donors (Lipinski definition) is 0. The van der Waals surface area contributed by atoms with Crippen molar-refractivity contribution in [3.8, 4) is 11.4 Å². The zero-order valence-corrected chi connectivity index (χ0v) is 37.9. The van der Waals surface area contributed by atoms with Crippen LogP contribution in [0.5, 0.6) is 0 Å². The second-order valence-electron chi connectivity index (χ2n) is 17.5. The third-order valence-corrected chi connectivity index (χ3v) is 15.8. The summed E-state index contributed by atoms with van der Waals surface area (Å²) in [4.78, 5) is 10.0. The molecule has 0 spiro atoms. The second-order valence-corrected chi connectivity index (χ2v) is 19.7. The molecule has 0 fully saturated rings. The van der Waals surface area contributed by atoms with Crippen LogP contribution >= 0.6 is 23.5 Å². The molecule has 312 valence electrons. The van der Waals surface area contributed by atoms with Crippen molar-refractivity contribution in [2.75, 3.05) is 9.80 Å². The standard InChI is InChI=1S/C60H40N4S2/c1-37-29-39-32-52(64-50-26-14-16-28-58(50)66-60-34-46-44-22-10-12-24-48(44)62(54(46)36-56(60)64)42-19-7-4-8-20-42)38(2)30-40(39)31-51(37)63-49-25-13-15-27-57(49)65-59-33-45-43-21-9-11-23-47(43)61(53(45)35-55(59)63)41-17-5-3-6-18-41/h3-36H,1-2H3. The van der Waals surface area contributed by atoms with E-state index in [1.807, 2.05) is 23.5 Å². The second kappa shape index (κ2) is 14.4. The highest BCUT2D eigenvalue weighted by Gasteiger charge is 2.31. The Morgan fingerprint density at radius 3 is 1.14 bits per heavy atom. The molecular formula is C60H40N4S2. The van der Waals surface area contributed by atoms with E-state index >= 15 is 0 Å². The van der Waals surface area contributed by atoms with E-state index in [1.165, 1.54) is 119 Å². The zero-order chi connectivity index (χ0) is 43.6. The van der Waals surface area contributed by atoms with Gasteiger partial charge in [0, 0.05) is 63.9 Å². The van der Waals surface area contributed by atoms with Crippen molar-refractivity contribution in [1.29, 1.82) is 0 Å². The molecule has 14 rings (SSSR count). The van der Waals surface area contributed by atoms with Crippen molar-refractivity contribution in [1.82, 2.24) is 9.13 Å². The summed E-state index contributed by atoms with van der Waals surface area (Å²) in [5.74, 6) is 0. The smallest absolute Gasteiger partial charge is 0.0623 e. The Bertz CT molecular complexity index is 3720. The number of fused-ring (bicyclic) bond motifs is 11. The highest BCUT2D eigenvalue weighted by atomic mass is 32.2. The first-order chi connectivity index (χ1) is 32.6. The van der Waals surface area contributed by atoms with Crippen LogP contribution in [0.3, 0.4) is 0 Å². The lowest BCUT2D eigenvalue weighted by Crippen LogP contribution is -2.17. The molecule has 0 saturated carbocycles. The summed E-state index contributed by atoms with van der Waals surface area (Å²) in [6.07, 6.45) is 0. The minimum Gasteiger partial charge on any atom is -0.309 e. The molecule has 0 radical (unpaired) electrons. The zero-order valence-electron chi connectivity index (χ0n) is 36.2. The topological polar surface area (TPSA) is 16.3 Å². The first-order valence-corrected chi connectivity index (χ1v) is 24.1. The van der Waals surface area contributed by atoms with E-state index in [0.717, 1.165) is 11.4 Å². The Kier molecular flexibility index (Phi) is 8.25. The van der Waals surface area contributed by atoms with Gasteiger partial charge in [0.05, 0.1) is 44.8 Å². The lowest BCUT2D eigenvalue weighted by Gasteiger charge is -2.35. The molecular weight excluding hydrogens is 841 g/mol. The van der Waals surface area contributed by atoms with Gasteiger partial charge in [0.25, 0.3) is 0 Å². The van der Waals surface area contributed by atoms with Crippen LogP contribution in [0.25, 0.3) is 65.8 Å². The Labute approximate surface area is 391 Å². The number of nitrogens with zero attached hydrogens (tertiary/aromatic N) is 4. The van der Waals surface area contributed by atoms with Gasteiger partial charge in [-0.05, 0) is 145 Å². The molecule has 0 bridgehead atoms. The summed E-state index contributed by atoms with van der Waals surface area (Å²) < 4.78 is 4.85. The number of benzene rings is 10. The summed E-state index contributed by atoms with van der Waals surface area (Å²) in [6.45, 7) is 4.55. The third-order valence-electron chi connectivity index (χ3n) is 13.6. The summed E-state index contributed by atoms with van der Waals surface area (Å²) in [5, 5.41) is 7.49. The monoisotopic (exact) mass is 880 g/mol. The molecule has 4 heterocycles. The van der Waals surface area contributed by atoms with Gasteiger partial charge in [0.15, 0.2) is 0 Å².